The van der Waals surface area contributed by atoms with E-state index < -0.39 is 183 Å². The number of carbonyl (C=O) groups is 5. The van der Waals surface area contributed by atoms with E-state index in [1.54, 1.807) is 42.5 Å². The Kier molecular flexibility index (Phi) is 23.7. The number of pyridine rings is 2. The maximum atomic E-state index is 13.6. The zero-order valence-electron chi connectivity index (χ0n) is 55.2. The van der Waals surface area contributed by atoms with Gasteiger partial charge in [0.25, 0.3) is 84.3 Å². The lowest BCUT2D eigenvalue weighted by atomic mass is 9.78. The van der Waals surface area contributed by atoms with Gasteiger partial charge in [0.1, 0.15) is 39.1 Å². The first-order valence-corrected chi connectivity index (χ1v) is 40.5. The normalized spacial score (nSPS) is 15.2. The first-order chi connectivity index (χ1) is 47.3. The van der Waals surface area contributed by atoms with E-state index in [1.165, 1.54) is 54.6 Å². The molecule has 102 heavy (non-hydrogen) atoms. The van der Waals surface area contributed by atoms with E-state index in [0.717, 1.165) is 0 Å². The minimum Gasteiger partial charge on any atom is -0.481 e. The molecule has 38 heteroatoms. The first kappa shape index (κ1) is 78.9. The number of aromatic nitrogens is 2. The summed E-state index contributed by atoms with van der Waals surface area (Å²) < 4.78 is 207. The number of carboxylic acid groups (broad SMARTS) is 1. The van der Waals surface area contributed by atoms with Crippen molar-refractivity contribution >= 4 is 129 Å². The second kappa shape index (κ2) is 30.6. The van der Waals surface area contributed by atoms with Crippen LogP contribution in [0.1, 0.15) is 120 Å². The fourth-order valence-corrected chi connectivity index (χ4v) is 15.1. The highest BCUT2D eigenvalue weighted by Crippen LogP contribution is 2.53. The molecule has 0 bridgehead atoms. The third kappa shape index (κ3) is 19.3. The quantitative estimate of drug-likeness (QED) is 0.0114. The van der Waals surface area contributed by atoms with Crippen LogP contribution >= 0.6 is 0 Å². The van der Waals surface area contributed by atoms with Gasteiger partial charge < -0.3 is 31.3 Å². The Balaban J connectivity index is 1.20. The largest absolute Gasteiger partial charge is 0.481 e. The van der Waals surface area contributed by atoms with Gasteiger partial charge >= 0.3 is 5.97 Å². The van der Waals surface area contributed by atoms with Crippen molar-refractivity contribution < 1.29 is 111 Å². The van der Waals surface area contributed by atoms with Crippen LogP contribution in [0.5, 0.6) is 0 Å². The number of allylic oxidation sites excluding steroid dienone is 6. The minimum atomic E-state index is -5.11. The number of unbranched alkanes of at least 4 members (excludes halogenated alkanes) is 2. The Morgan fingerprint density at radius 1 is 0.490 bits per heavy atom. The van der Waals surface area contributed by atoms with Gasteiger partial charge in [0, 0.05) is 90.8 Å². The number of nitrogens with zero attached hydrogens (tertiary/aromatic N) is 4. The zero-order valence-corrected chi connectivity index (χ0v) is 60.1. The number of carboxylic acids is 1. The molecule has 0 aliphatic carbocycles. The summed E-state index contributed by atoms with van der Waals surface area (Å²) in [6, 6.07) is 16.4. The summed E-state index contributed by atoms with van der Waals surface area (Å²) in [7, 11) is -28.3. The molecule has 8 rings (SSSR count). The molecule has 6 aromatic rings. The van der Waals surface area contributed by atoms with E-state index in [9.17, 15) is 107 Å². The SMILES string of the molecule is CCC[N+]1=C(/C=C/C=C/C=C2/N(CCCCCC(=O)O)c3cc(S(=O)(=O)O)c4cc(-c5cc(C(=O)NCCS(=O)(=O)O)nc(C(=O)NCCS(=O)(=O)O)c5)ccc4c3C2(C)C)C(C)(C)c2c1cc(S(=O)(=O)O)c1cc(-c3cc(C(=O)NCCS(=O)(=O)O)nc(C(=O)NCCS(=O)(=O)O)c3)ccc21. The Labute approximate surface area is 587 Å². The Bertz CT molecular complexity index is 5170. The van der Waals surface area contributed by atoms with Crippen LogP contribution in [-0.2, 0) is 76.3 Å². The predicted molar refractivity (Wildman–Crippen MR) is 375 cm³/mol. The fourth-order valence-electron chi connectivity index (χ4n) is 12.3. The number of nitrogens with one attached hydrogen (secondary N) is 4. The summed E-state index contributed by atoms with van der Waals surface area (Å²) >= 11 is 0. The van der Waals surface area contributed by atoms with Crippen molar-refractivity contribution in [2.24, 2.45) is 0 Å². The van der Waals surface area contributed by atoms with Crippen molar-refractivity contribution in [1.82, 2.24) is 31.2 Å². The Morgan fingerprint density at radius 3 is 1.29 bits per heavy atom. The van der Waals surface area contributed by atoms with Crippen LogP contribution in [0.25, 0.3) is 43.8 Å². The second-order valence-corrected chi connectivity index (χ2v) is 33.9. The smallest absolute Gasteiger partial charge is 0.303 e. The highest BCUT2D eigenvalue weighted by Gasteiger charge is 2.47. The molecule has 0 radical (unpaired) electrons. The van der Waals surface area contributed by atoms with Crippen LogP contribution < -0.4 is 26.2 Å². The lowest BCUT2D eigenvalue weighted by Crippen LogP contribution is -2.32. The van der Waals surface area contributed by atoms with Crippen LogP contribution in [0.2, 0.25) is 0 Å². The predicted octanol–water partition coefficient (Wildman–Crippen LogP) is 5.31. The summed E-state index contributed by atoms with van der Waals surface area (Å²) in [4.78, 5) is 74.0. The van der Waals surface area contributed by atoms with Gasteiger partial charge in [-0.2, -0.15) is 55.1 Å². The maximum Gasteiger partial charge on any atom is 0.303 e. The van der Waals surface area contributed by atoms with Gasteiger partial charge in [-0.15, -0.1) is 0 Å². The molecule has 0 atom stereocenters. The van der Waals surface area contributed by atoms with Crippen molar-refractivity contribution in [2.45, 2.75) is 87.3 Å². The van der Waals surface area contributed by atoms with E-state index >= 15 is 0 Å². The molecule has 548 valence electrons. The molecule has 32 nitrogen and oxygen atoms in total. The second-order valence-electron chi connectivity index (χ2n) is 24.9. The van der Waals surface area contributed by atoms with Gasteiger partial charge in [-0.05, 0) is 114 Å². The third-order valence-corrected chi connectivity index (χ3v) is 21.4. The molecule has 0 saturated heterocycles. The molecule has 2 aromatic heterocycles. The molecule has 0 saturated carbocycles. The first-order valence-electron chi connectivity index (χ1n) is 31.1. The number of carbonyl (C=O) groups excluding carboxylic acids is 4. The number of rotatable bonds is 31. The molecule has 4 aromatic carbocycles. The Hall–Kier alpha value is -8.80. The van der Waals surface area contributed by atoms with Gasteiger partial charge in [-0.25, -0.2) is 9.97 Å². The van der Waals surface area contributed by atoms with Crippen molar-refractivity contribution in [3.63, 3.8) is 0 Å². The topological polar surface area (TPSA) is 512 Å². The van der Waals surface area contributed by atoms with Crippen molar-refractivity contribution in [2.75, 3.05) is 67.2 Å². The van der Waals surface area contributed by atoms with Crippen molar-refractivity contribution in [3.05, 3.63) is 143 Å². The molecular weight excluding hydrogens is 1460 g/mol. The van der Waals surface area contributed by atoms with Crippen molar-refractivity contribution in [1.29, 1.82) is 0 Å². The number of amides is 4. The summed E-state index contributed by atoms with van der Waals surface area (Å²) in [5.41, 5.74) is -0.0779. The molecule has 4 heterocycles. The van der Waals surface area contributed by atoms with E-state index in [1.807, 2.05) is 50.2 Å². The average molecular weight is 1530 g/mol. The Morgan fingerprint density at radius 2 is 0.902 bits per heavy atom. The highest BCUT2D eigenvalue weighted by atomic mass is 32.2. The lowest BCUT2D eigenvalue weighted by molar-refractivity contribution is -0.437. The van der Waals surface area contributed by atoms with Crippen LogP contribution in [-0.4, -0.2) is 195 Å². The van der Waals surface area contributed by atoms with Gasteiger partial charge in [0.15, 0.2) is 5.71 Å². The molecule has 0 spiro atoms. The van der Waals surface area contributed by atoms with Crippen LogP contribution in [0.15, 0.2) is 119 Å². The highest BCUT2D eigenvalue weighted by molar-refractivity contribution is 7.87. The van der Waals surface area contributed by atoms with Gasteiger partial charge in [-0.1, -0.05) is 69.7 Å². The zero-order chi connectivity index (χ0) is 75.5. The molecule has 4 amide bonds. The molecule has 0 unspecified atom stereocenters. The maximum absolute atomic E-state index is 13.6. The van der Waals surface area contributed by atoms with Crippen LogP contribution in [0, 0.1) is 0 Å². The number of hydrogen-bond acceptors (Lipinski definition) is 20. The van der Waals surface area contributed by atoms with E-state index in [-0.39, 0.29) is 46.0 Å². The number of hydrogen-bond donors (Lipinski definition) is 11. The van der Waals surface area contributed by atoms with E-state index in [2.05, 4.69) is 31.2 Å². The fraction of sp³-hybridized carbons (Fsp3) is 0.344. The minimum absolute atomic E-state index is 0.00711. The summed E-state index contributed by atoms with van der Waals surface area (Å²) in [5.74, 6) is -8.63. The van der Waals surface area contributed by atoms with E-state index in [4.69, 9.17) is 0 Å². The summed E-state index contributed by atoms with van der Waals surface area (Å²) in [6.07, 6.45) is 10.4. The van der Waals surface area contributed by atoms with E-state index in [0.29, 0.717) is 76.9 Å². The van der Waals surface area contributed by atoms with Gasteiger partial charge in [-0.3, -0.25) is 51.3 Å². The summed E-state index contributed by atoms with van der Waals surface area (Å²) in [5, 5.41) is 19.2. The van der Waals surface area contributed by atoms with Crippen LogP contribution in [0.3, 0.4) is 0 Å². The number of benzene rings is 4. The summed E-state index contributed by atoms with van der Waals surface area (Å²) in [6.45, 7) is 7.67. The number of anilines is 1. The van der Waals surface area contributed by atoms with Crippen molar-refractivity contribution in [3.8, 4) is 22.3 Å². The van der Waals surface area contributed by atoms with Gasteiger partial charge in [0.2, 0.25) is 5.69 Å². The standard InChI is InChI=1S/C64H72N8O24S6/c1-6-24-71-50-36-52(101(91,92)93)44-30-38(40-32-46(59(75)65-20-26-97(79,80)81)69-47(33-40)60(76)66-21-27-98(82,83)84)16-18-42(44)57(50)63(2,3)54(71)13-9-7-10-14-55-64(4,5)58-43-19-17-39(31-45(43)53(102(94,95)96)37-51(58)72(55)25-12-8-11-15-56(73)74)41-34-48(61(77)67-22-28-99(85,86)87)70-49(35-41)62(78)68-23-29-100(88,89)90/h7,9-10,13-14,16-19,30-37H,6,8,11-12,15,20-29H2,1-5H3,(H10-,65,66,67,68,73,74,75,76,77,78,79,80,81,82,83,84,85,86,87,88,89,90,91,92,93,94,95,96)/p+1. The van der Waals surface area contributed by atoms with Crippen LogP contribution in [0.4, 0.5) is 11.4 Å². The number of aliphatic carboxylic acids is 1. The molecule has 11 N–H and O–H groups in total. The molecular formula is C64H73N8O24S6+. The molecule has 2 aliphatic heterocycles. The lowest BCUT2D eigenvalue weighted by Gasteiger charge is -2.27. The number of fused-ring (bicyclic) bond motifs is 6. The van der Waals surface area contributed by atoms with Gasteiger partial charge in [0.05, 0.1) is 28.4 Å². The third-order valence-electron chi connectivity index (χ3n) is 16.7. The monoisotopic (exact) mass is 1530 g/mol. The molecule has 0 fully saturated rings. The molecule has 2 aliphatic rings. The average Bonchev–Trinajstić information content (AvgIpc) is 1.54.